The van der Waals surface area contributed by atoms with Crippen LogP contribution in [0.25, 0.3) is 0 Å². The van der Waals surface area contributed by atoms with Gasteiger partial charge < -0.3 is 24.4 Å². The van der Waals surface area contributed by atoms with Crippen LogP contribution in [0.5, 0.6) is 11.5 Å². The predicted molar refractivity (Wildman–Crippen MR) is 81.5 cm³/mol. The van der Waals surface area contributed by atoms with Gasteiger partial charge in [-0.25, -0.2) is 9.59 Å². The number of nitrogens with zero attached hydrogens (tertiary/aromatic N) is 2. The Morgan fingerprint density at radius 2 is 1.59 bits per heavy atom. The number of rotatable bonds is 4. The molecule has 1 aromatic rings. The molecule has 122 valence electrons. The lowest BCUT2D eigenvalue weighted by molar-refractivity contribution is 0.160. The molecular formula is C14H19ClN2O5. The molecule has 1 N–H and O–H groups in total. The molecule has 0 aliphatic heterocycles. The van der Waals surface area contributed by atoms with Gasteiger partial charge in [0.25, 0.3) is 0 Å². The number of carbonyl (C=O) groups excluding carboxylic acids is 2. The first kappa shape index (κ1) is 18.1. The second-order valence-corrected chi connectivity index (χ2v) is 5.21. The number of ether oxygens (including phenoxy) is 2. The summed E-state index contributed by atoms with van der Waals surface area (Å²) in [6.45, 7) is 0. The summed E-state index contributed by atoms with van der Waals surface area (Å²) in [4.78, 5) is 25.8. The fourth-order valence-electron chi connectivity index (χ4n) is 1.36. The summed E-state index contributed by atoms with van der Waals surface area (Å²) in [6.07, 6.45) is -2.18. The van der Waals surface area contributed by atoms with Crippen LogP contribution in [0.2, 0.25) is 0 Å². The van der Waals surface area contributed by atoms with Gasteiger partial charge in [0.15, 0.2) is 11.5 Å². The standard InChI is InChI=1S/C14H19ClN2O5/c1-16(2)13(19)21-11-6-5-9(10(18)8-15)7-12(11)22-14(20)17(3)4/h5-7,10,18H,8H2,1-4H3. The first-order valence-corrected chi connectivity index (χ1v) is 6.96. The first-order valence-electron chi connectivity index (χ1n) is 6.42. The number of aliphatic hydroxyl groups is 1. The average Bonchev–Trinajstić information content (AvgIpc) is 2.47. The van der Waals surface area contributed by atoms with Crippen molar-refractivity contribution in [1.29, 1.82) is 0 Å². The molecule has 0 saturated heterocycles. The highest BCUT2D eigenvalue weighted by molar-refractivity contribution is 6.18. The van der Waals surface area contributed by atoms with E-state index in [0.717, 1.165) is 0 Å². The second kappa shape index (κ2) is 7.86. The molecule has 22 heavy (non-hydrogen) atoms. The number of carbonyl (C=O) groups is 2. The van der Waals surface area contributed by atoms with Gasteiger partial charge in [-0.05, 0) is 17.7 Å². The molecule has 0 aliphatic rings. The Balaban J connectivity index is 3.13. The minimum absolute atomic E-state index is 0.0160. The molecule has 1 unspecified atom stereocenters. The van der Waals surface area contributed by atoms with Crippen LogP contribution in [0.4, 0.5) is 9.59 Å². The van der Waals surface area contributed by atoms with Crippen LogP contribution >= 0.6 is 11.6 Å². The Labute approximate surface area is 134 Å². The van der Waals surface area contributed by atoms with Gasteiger partial charge in [0.2, 0.25) is 0 Å². The monoisotopic (exact) mass is 330 g/mol. The maximum Gasteiger partial charge on any atom is 0.414 e. The van der Waals surface area contributed by atoms with Gasteiger partial charge in [-0.3, -0.25) is 0 Å². The summed E-state index contributed by atoms with van der Waals surface area (Å²) in [6, 6.07) is 4.38. The summed E-state index contributed by atoms with van der Waals surface area (Å²) in [5.74, 6) is 0.0766. The van der Waals surface area contributed by atoms with E-state index < -0.39 is 18.3 Å². The molecule has 1 atom stereocenters. The van der Waals surface area contributed by atoms with E-state index in [9.17, 15) is 14.7 Å². The molecule has 0 aromatic heterocycles. The number of aliphatic hydroxyl groups excluding tert-OH is 1. The van der Waals surface area contributed by atoms with Crippen LogP contribution in [0.15, 0.2) is 18.2 Å². The summed E-state index contributed by atoms with van der Waals surface area (Å²) < 4.78 is 10.3. The van der Waals surface area contributed by atoms with E-state index in [4.69, 9.17) is 21.1 Å². The third-order valence-electron chi connectivity index (χ3n) is 2.62. The number of hydrogen-bond donors (Lipinski definition) is 1. The lowest BCUT2D eigenvalue weighted by Gasteiger charge is -2.17. The molecule has 0 saturated carbocycles. The van der Waals surface area contributed by atoms with Gasteiger partial charge in [-0.2, -0.15) is 0 Å². The minimum Gasteiger partial charge on any atom is -0.406 e. The quantitative estimate of drug-likeness (QED) is 0.855. The Kier molecular flexibility index (Phi) is 6.45. The molecular weight excluding hydrogens is 312 g/mol. The number of alkyl halides is 1. The topological polar surface area (TPSA) is 79.3 Å². The molecule has 0 aliphatic carbocycles. The molecule has 1 aromatic carbocycles. The van der Waals surface area contributed by atoms with E-state index >= 15 is 0 Å². The Bertz CT molecular complexity index is 548. The van der Waals surface area contributed by atoms with E-state index in [1.807, 2.05) is 0 Å². The van der Waals surface area contributed by atoms with Crippen molar-refractivity contribution in [3.8, 4) is 11.5 Å². The summed E-state index contributed by atoms with van der Waals surface area (Å²) in [5, 5.41) is 9.76. The van der Waals surface area contributed by atoms with Crippen LogP contribution in [-0.2, 0) is 0 Å². The zero-order chi connectivity index (χ0) is 16.9. The third kappa shape index (κ3) is 4.78. The summed E-state index contributed by atoms with van der Waals surface area (Å²) in [5.41, 5.74) is 0.446. The molecule has 0 bridgehead atoms. The fourth-order valence-corrected chi connectivity index (χ4v) is 1.53. The summed E-state index contributed by atoms with van der Waals surface area (Å²) >= 11 is 5.60. The maximum absolute atomic E-state index is 11.7. The summed E-state index contributed by atoms with van der Waals surface area (Å²) in [7, 11) is 6.09. The number of amides is 2. The van der Waals surface area contributed by atoms with Crippen molar-refractivity contribution in [1.82, 2.24) is 9.80 Å². The van der Waals surface area contributed by atoms with Crippen molar-refractivity contribution in [2.45, 2.75) is 6.10 Å². The van der Waals surface area contributed by atoms with Crippen LogP contribution in [0.1, 0.15) is 11.7 Å². The van der Waals surface area contributed by atoms with Crippen molar-refractivity contribution in [2.24, 2.45) is 0 Å². The SMILES string of the molecule is CN(C)C(=O)Oc1ccc(C(O)CCl)cc1OC(=O)N(C)C. The lowest BCUT2D eigenvalue weighted by Crippen LogP contribution is -2.27. The van der Waals surface area contributed by atoms with Gasteiger partial charge >= 0.3 is 12.2 Å². The van der Waals surface area contributed by atoms with Crippen LogP contribution in [-0.4, -0.2) is 61.2 Å². The van der Waals surface area contributed by atoms with E-state index in [2.05, 4.69) is 0 Å². The van der Waals surface area contributed by atoms with Crippen LogP contribution in [0.3, 0.4) is 0 Å². The van der Waals surface area contributed by atoms with Crippen molar-refractivity contribution in [3.63, 3.8) is 0 Å². The normalized spacial score (nSPS) is 11.5. The van der Waals surface area contributed by atoms with Crippen molar-refractivity contribution >= 4 is 23.8 Å². The van der Waals surface area contributed by atoms with Gasteiger partial charge in [0, 0.05) is 28.2 Å². The van der Waals surface area contributed by atoms with Crippen LogP contribution < -0.4 is 9.47 Å². The first-order chi connectivity index (χ1) is 10.3. The predicted octanol–water partition coefficient (Wildman–Crippen LogP) is 2.08. The molecule has 0 heterocycles. The molecule has 0 fully saturated rings. The molecule has 2 amide bonds. The highest BCUT2D eigenvalue weighted by Crippen LogP contribution is 2.31. The van der Waals surface area contributed by atoms with Gasteiger partial charge in [0.05, 0.1) is 12.0 Å². The molecule has 7 nitrogen and oxygen atoms in total. The fraction of sp³-hybridized carbons (Fsp3) is 0.429. The number of halogens is 1. The molecule has 8 heteroatoms. The number of hydrogen-bond acceptors (Lipinski definition) is 5. The maximum atomic E-state index is 11.7. The van der Waals surface area contributed by atoms with Gasteiger partial charge in [0.1, 0.15) is 0 Å². The Hall–Kier alpha value is -1.99. The minimum atomic E-state index is -0.919. The Morgan fingerprint density at radius 3 is 2.05 bits per heavy atom. The zero-order valence-corrected chi connectivity index (χ0v) is 13.6. The van der Waals surface area contributed by atoms with Gasteiger partial charge in [-0.15, -0.1) is 11.6 Å². The highest BCUT2D eigenvalue weighted by Gasteiger charge is 2.18. The molecule has 0 radical (unpaired) electrons. The molecule has 1 rings (SSSR count). The second-order valence-electron chi connectivity index (χ2n) is 4.90. The van der Waals surface area contributed by atoms with Crippen molar-refractivity contribution in [3.05, 3.63) is 23.8 Å². The lowest BCUT2D eigenvalue weighted by atomic mass is 10.1. The van der Waals surface area contributed by atoms with Crippen LogP contribution in [0, 0.1) is 0 Å². The Morgan fingerprint density at radius 1 is 1.09 bits per heavy atom. The van der Waals surface area contributed by atoms with E-state index in [0.29, 0.717) is 5.56 Å². The van der Waals surface area contributed by atoms with E-state index in [-0.39, 0.29) is 17.4 Å². The van der Waals surface area contributed by atoms with Crippen molar-refractivity contribution in [2.75, 3.05) is 34.1 Å². The van der Waals surface area contributed by atoms with E-state index in [1.165, 1.54) is 56.2 Å². The third-order valence-corrected chi connectivity index (χ3v) is 2.92. The van der Waals surface area contributed by atoms with Crippen molar-refractivity contribution < 1.29 is 24.2 Å². The average molecular weight is 331 g/mol. The van der Waals surface area contributed by atoms with E-state index in [1.54, 1.807) is 0 Å². The largest absolute Gasteiger partial charge is 0.414 e. The zero-order valence-electron chi connectivity index (χ0n) is 12.9. The van der Waals surface area contributed by atoms with Gasteiger partial charge in [-0.1, -0.05) is 6.07 Å². The number of benzene rings is 1. The smallest absolute Gasteiger partial charge is 0.406 e. The molecule has 0 spiro atoms. The highest BCUT2D eigenvalue weighted by atomic mass is 35.5.